The van der Waals surface area contributed by atoms with E-state index in [-0.39, 0.29) is 11.9 Å². The first-order valence-electron chi connectivity index (χ1n) is 6.87. The molecule has 2 N–H and O–H groups in total. The summed E-state index contributed by atoms with van der Waals surface area (Å²) in [5.74, 6) is 0.712. The summed E-state index contributed by atoms with van der Waals surface area (Å²) in [4.78, 5) is 6.51. The number of rotatable bonds is 4. The van der Waals surface area contributed by atoms with Gasteiger partial charge in [-0.05, 0) is 24.3 Å². The number of benzene rings is 1. The summed E-state index contributed by atoms with van der Waals surface area (Å²) < 4.78 is 23.7. The maximum atomic E-state index is 12.9. The monoisotopic (exact) mass is 292 g/mol. The zero-order valence-electron chi connectivity index (χ0n) is 11.5. The van der Waals surface area contributed by atoms with Crippen molar-refractivity contribution in [3.05, 3.63) is 36.0 Å². The van der Waals surface area contributed by atoms with E-state index in [9.17, 15) is 4.39 Å². The van der Waals surface area contributed by atoms with E-state index in [1.807, 2.05) is 0 Å². The summed E-state index contributed by atoms with van der Waals surface area (Å²) in [6.07, 6.45) is 0.0539. The van der Waals surface area contributed by atoms with Gasteiger partial charge in [0.1, 0.15) is 5.82 Å². The largest absolute Gasteiger partial charge is 0.374 e. The Morgan fingerprint density at radius 1 is 1.33 bits per heavy atom. The minimum atomic E-state index is -0.288. The van der Waals surface area contributed by atoms with Gasteiger partial charge in [-0.2, -0.15) is 4.98 Å². The average molecular weight is 292 g/mol. The molecule has 112 valence electrons. The van der Waals surface area contributed by atoms with Crippen molar-refractivity contribution < 1.29 is 13.7 Å². The van der Waals surface area contributed by atoms with Gasteiger partial charge in [0.25, 0.3) is 0 Å². The number of hydrogen-bond donors (Lipinski definition) is 1. The number of ether oxygens (including phenoxy) is 1. The van der Waals surface area contributed by atoms with Gasteiger partial charge < -0.3 is 15.0 Å². The van der Waals surface area contributed by atoms with Crippen LogP contribution in [0.15, 0.2) is 28.8 Å². The second kappa shape index (κ2) is 6.30. The molecule has 0 bridgehead atoms. The Hall–Kier alpha value is -1.83. The third-order valence-electron chi connectivity index (χ3n) is 3.42. The highest BCUT2D eigenvalue weighted by Gasteiger charge is 2.21. The van der Waals surface area contributed by atoms with Gasteiger partial charge in [-0.15, -0.1) is 0 Å². The Morgan fingerprint density at radius 2 is 2.14 bits per heavy atom. The lowest BCUT2D eigenvalue weighted by Gasteiger charge is -2.31. The number of hydrogen-bond acceptors (Lipinski definition) is 6. The first kappa shape index (κ1) is 14.1. The Bertz CT molecular complexity index is 587. The van der Waals surface area contributed by atoms with Crippen LogP contribution in [0.3, 0.4) is 0 Å². The van der Waals surface area contributed by atoms with Crippen molar-refractivity contribution >= 4 is 0 Å². The summed E-state index contributed by atoms with van der Waals surface area (Å²) in [6, 6.07) is 6.00. The fourth-order valence-electron chi connectivity index (χ4n) is 2.29. The van der Waals surface area contributed by atoms with Crippen molar-refractivity contribution in [1.29, 1.82) is 0 Å². The molecule has 6 nitrogen and oxygen atoms in total. The van der Waals surface area contributed by atoms with Gasteiger partial charge in [0, 0.05) is 25.2 Å². The van der Waals surface area contributed by atoms with Crippen molar-refractivity contribution in [3.63, 3.8) is 0 Å². The molecule has 1 aromatic carbocycles. The molecule has 0 aliphatic carbocycles. The van der Waals surface area contributed by atoms with Crippen molar-refractivity contribution in [3.8, 4) is 11.4 Å². The van der Waals surface area contributed by atoms with E-state index >= 15 is 0 Å². The lowest BCUT2D eigenvalue weighted by Crippen LogP contribution is -2.45. The fraction of sp³-hybridized carbons (Fsp3) is 0.429. The number of halogens is 1. The molecule has 1 saturated heterocycles. The zero-order valence-corrected chi connectivity index (χ0v) is 11.5. The predicted octanol–water partition coefficient (Wildman–Crippen LogP) is 1.04. The fourth-order valence-corrected chi connectivity index (χ4v) is 2.29. The normalized spacial score (nSPS) is 19.8. The van der Waals surface area contributed by atoms with Crippen molar-refractivity contribution in [2.75, 3.05) is 26.2 Å². The standard InChI is InChI=1S/C14H17FN4O2/c15-11-3-1-10(2-4-11)14-17-13(21-18-14)9-19-5-6-20-12(7-16)8-19/h1-4,12H,5-9,16H2. The van der Waals surface area contributed by atoms with Gasteiger partial charge in [-0.1, -0.05) is 5.16 Å². The number of nitrogens with two attached hydrogens (primary N) is 1. The average Bonchev–Trinajstić information content (AvgIpc) is 2.96. The van der Waals surface area contributed by atoms with E-state index < -0.39 is 0 Å². The summed E-state index contributed by atoms with van der Waals surface area (Å²) >= 11 is 0. The number of nitrogens with zero attached hydrogens (tertiary/aromatic N) is 3. The first-order chi connectivity index (χ1) is 10.2. The van der Waals surface area contributed by atoms with Crippen LogP contribution in [0.2, 0.25) is 0 Å². The molecule has 0 spiro atoms. The molecule has 3 rings (SSSR count). The summed E-state index contributed by atoms with van der Waals surface area (Å²) in [5, 5.41) is 3.93. The molecule has 0 amide bonds. The molecule has 0 radical (unpaired) electrons. The highest BCUT2D eigenvalue weighted by atomic mass is 19.1. The van der Waals surface area contributed by atoms with Gasteiger partial charge in [0.15, 0.2) is 0 Å². The molecular weight excluding hydrogens is 275 g/mol. The van der Waals surface area contributed by atoms with Crippen LogP contribution in [0.4, 0.5) is 4.39 Å². The second-order valence-electron chi connectivity index (χ2n) is 4.98. The van der Waals surface area contributed by atoms with Crippen molar-refractivity contribution in [1.82, 2.24) is 15.0 Å². The Balaban J connectivity index is 1.66. The lowest BCUT2D eigenvalue weighted by molar-refractivity contribution is -0.0288. The highest BCUT2D eigenvalue weighted by Crippen LogP contribution is 2.17. The molecule has 1 aromatic heterocycles. The Morgan fingerprint density at radius 3 is 2.90 bits per heavy atom. The van der Waals surface area contributed by atoms with Crippen LogP contribution in [-0.2, 0) is 11.3 Å². The van der Waals surface area contributed by atoms with Crippen LogP contribution < -0.4 is 5.73 Å². The van der Waals surface area contributed by atoms with Crippen molar-refractivity contribution in [2.24, 2.45) is 5.73 Å². The smallest absolute Gasteiger partial charge is 0.241 e. The van der Waals surface area contributed by atoms with E-state index in [1.165, 1.54) is 12.1 Å². The number of morpholine rings is 1. The van der Waals surface area contributed by atoms with Crippen LogP contribution in [0, 0.1) is 5.82 Å². The van der Waals surface area contributed by atoms with E-state index in [2.05, 4.69) is 15.0 Å². The van der Waals surface area contributed by atoms with Crippen LogP contribution in [0.25, 0.3) is 11.4 Å². The van der Waals surface area contributed by atoms with Crippen LogP contribution in [-0.4, -0.2) is 47.4 Å². The number of aromatic nitrogens is 2. The van der Waals surface area contributed by atoms with E-state index in [4.69, 9.17) is 15.0 Å². The van der Waals surface area contributed by atoms with Crippen molar-refractivity contribution in [2.45, 2.75) is 12.6 Å². The highest BCUT2D eigenvalue weighted by molar-refractivity contribution is 5.53. The molecular formula is C14H17FN4O2. The third kappa shape index (κ3) is 3.44. The molecule has 1 aliphatic rings. The summed E-state index contributed by atoms with van der Waals surface area (Å²) in [7, 11) is 0. The van der Waals surface area contributed by atoms with Crippen LogP contribution >= 0.6 is 0 Å². The lowest BCUT2D eigenvalue weighted by atomic mass is 10.2. The molecule has 1 fully saturated rings. The van der Waals surface area contributed by atoms with Gasteiger partial charge in [0.05, 0.1) is 19.3 Å². The molecule has 1 aliphatic heterocycles. The Labute approximate surface area is 121 Å². The SMILES string of the molecule is NCC1CN(Cc2nc(-c3ccc(F)cc3)no2)CCO1. The van der Waals surface area contributed by atoms with E-state index in [0.29, 0.717) is 31.4 Å². The molecule has 1 unspecified atom stereocenters. The first-order valence-corrected chi connectivity index (χ1v) is 6.87. The van der Waals surface area contributed by atoms with Gasteiger partial charge in [-0.25, -0.2) is 4.39 Å². The third-order valence-corrected chi connectivity index (χ3v) is 3.42. The maximum Gasteiger partial charge on any atom is 0.241 e. The molecule has 1 atom stereocenters. The Kier molecular flexibility index (Phi) is 4.23. The minimum absolute atomic E-state index is 0.0539. The summed E-state index contributed by atoms with van der Waals surface area (Å²) in [5.41, 5.74) is 6.35. The second-order valence-corrected chi connectivity index (χ2v) is 4.98. The predicted molar refractivity (Wildman–Crippen MR) is 73.8 cm³/mol. The van der Waals surface area contributed by atoms with E-state index in [1.54, 1.807) is 12.1 Å². The maximum absolute atomic E-state index is 12.9. The quantitative estimate of drug-likeness (QED) is 0.907. The van der Waals surface area contributed by atoms with Gasteiger partial charge in [-0.3, -0.25) is 4.90 Å². The van der Waals surface area contributed by atoms with E-state index in [0.717, 1.165) is 18.7 Å². The van der Waals surface area contributed by atoms with Crippen LogP contribution in [0.5, 0.6) is 0 Å². The zero-order chi connectivity index (χ0) is 14.7. The topological polar surface area (TPSA) is 77.4 Å². The summed E-state index contributed by atoms with van der Waals surface area (Å²) in [6.45, 7) is 3.28. The van der Waals surface area contributed by atoms with Crippen LogP contribution in [0.1, 0.15) is 5.89 Å². The molecule has 2 heterocycles. The molecule has 21 heavy (non-hydrogen) atoms. The molecule has 7 heteroatoms. The van der Waals surface area contributed by atoms with Gasteiger partial charge >= 0.3 is 0 Å². The molecule has 2 aromatic rings. The minimum Gasteiger partial charge on any atom is -0.374 e. The van der Waals surface area contributed by atoms with Gasteiger partial charge in [0.2, 0.25) is 11.7 Å². The molecule has 0 saturated carbocycles.